The van der Waals surface area contributed by atoms with Gasteiger partial charge in [-0.05, 0) is 30.5 Å². The zero-order chi connectivity index (χ0) is 14.7. The highest BCUT2D eigenvalue weighted by atomic mass is 16.5. The summed E-state index contributed by atoms with van der Waals surface area (Å²) in [4.78, 5) is 22.9. The zero-order valence-corrected chi connectivity index (χ0v) is 11.3. The standard InChI is InChI=1S/C15H18O5/c1-2-20-14(18)8-13(17)15(19)10-4-3-9-5-6-12(16)11(9)7-10/h3-4,7,13,15,17,19H,2,5-6,8H2,1H3. The van der Waals surface area contributed by atoms with E-state index in [0.29, 0.717) is 17.5 Å². The SMILES string of the molecule is CCOC(=O)CC(O)C(O)c1ccc2c(c1)C(=O)CC2. The molecule has 1 aromatic carbocycles. The first-order valence-corrected chi connectivity index (χ1v) is 6.70. The van der Waals surface area contributed by atoms with Crippen molar-refractivity contribution in [2.45, 2.75) is 38.4 Å². The van der Waals surface area contributed by atoms with E-state index >= 15 is 0 Å². The molecular weight excluding hydrogens is 260 g/mol. The van der Waals surface area contributed by atoms with Crippen LogP contribution in [0.4, 0.5) is 0 Å². The van der Waals surface area contributed by atoms with E-state index in [2.05, 4.69) is 0 Å². The van der Waals surface area contributed by atoms with Crippen LogP contribution in [0.25, 0.3) is 0 Å². The first-order valence-electron chi connectivity index (χ1n) is 6.70. The largest absolute Gasteiger partial charge is 0.466 e. The zero-order valence-electron chi connectivity index (χ0n) is 11.3. The predicted molar refractivity (Wildman–Crippen MR) is 71.3 cm³/mol. The Morgan fingerprint density at radius 3 is 2.80 bits per heavy atom. The van der Waals surface area contributed by atoms with E-state index in [1.54, 1.807) is 25.1 Å². The maximum Gasteiger partial charge on any atom is 0.308 e. The molecule has 1 aromatic rings. The minimum atomic E-state index is -1.25. The van der Waals surface area contributed by atoms with Crippen molar-refractivity contribution in [1.82, 2.24) is 0 Å². The van der Waals surface area contributed by atoms with E-state index in [0.717, 1.165) is 12.0 Å². The number of hydrogen-bond acceptors (Lipinski definition) is 5. The first kappa shape index (κ1) is 14.7. The summed E-state index contributed by atoms with van der Waals surface area (Å²) in [7, 11) is 0. The highest BCUT2D eigenvalue weighted by molar-refractivity contribution is 6.00. The smallest absolute Gasteiger partial charge is 0.308 e. The van der Waals surface area contributed by atoms with Crippen molar-refractivity contribution in [1.29, 1.82) is 0 Å². The predicted octanol–water partition coefficient (Wildman–Crippen LogP) is 1.16. The molecule has 0 fully saturated rings. The van der Waals surface area contributed by atoms with Crippen LogP contribution in [0, 0.1) is 0 Å². The van der Waals surface area contributed by atoms with Crippen molar-refractivity contribution >= 4 is 11.8 Å². The van der Waals surface area contributed by atoms with Gasteiger partial charge in [-0.2, -0.15) is 0 Å². The molecule has 0 saturated heterocycles. The maximum absolute atomic E-state index is 11.7. The normalized spacial score (nSPS) is 16.6. The Hall–Kier alpha value is -1.72. The number of ketones is 1. The van der Waals surface area contributed by atoms with Gasteiger partial charge < -0.3 is 14.9 Å². The second kappa shape index (κ2) is 6.15. The number of aliphatic hydroxyl groups is 2. The summed E-state index contributed by atoms with van der Waals surface area (Å²) in [6.45, 7) is 1.90. The molecule has 0 aromatic heterocycles. The number of carbonyl (C=O) groups excluding carboxylic acids is 2. The van der Waals surface area contributed by atoms with Crippen molar-refractivity contribution in [3.05, 3.63) is 34.9 Å². The molecule has 0 radical (unpaired) electrons. The number of hydrogen-bond donors (Lipinski definition) is 2. The highest BCUT2D eigenvalue weighted by Crippen LogP contribution is 2.27. The number of aryl methyl sites for hydroxylation is 1. The van der Waals surface area contributed by atoms with E-state index < -0.39 is 18.2 Å². The molecule has 2 atom stereocenters. The average Bonchev–Trinajstić information content (AvgIpc) is 2.79. The van der Waals surface area contributed by atoms with Gasteiger partial charge in [0.2, 0.25) is 0 Å². The van der Waals surface area contributed by atoms with Gasteiger partial charge in [0.15, 0.2) is 5.78 Å². The van der Waals surface area contributed by atoms with Crippen LogP contribution in [0.5, 0.6) is 0 Å². The molecule has 2 N–H and O–H groups in total. The van der Waals surface area contributed by atoms with Crippen molar-refractivity contribution < 1.29 is 24.5 Å². The third kappa shape index (κ3) is 3.05. The lowest BCUT2D eigenvalue weighted by molar-refractivity contribution is -0.147. The lowest BCUT2D eigenvalue weighted by atomic mass is 9.98. The molecule has 1 aliphatic carbocycles. The van der Waals surface area contributed by atoms with Crippen LogP contribution in [0.15, 0.2) is 18.2 Å². The molecule has 0 saturated carbocycles. The first-order chi connectivity index (χ1) is 9.52. The molecule has 2 rings (SSSR count). The molecule has 5 nitrogen and oxygen atoms in total. The number of benzene rings is 1. The van der Waals surface area contributed by atoms with Crippen LogP contribution in [0.1, 0.15) is 47.4 Å². The number of fused-ring (bicyclic) bond motifs is 1. The molecule has 2 unspecified atom stereocenters. The number of carbonyl (C=O) groups is 2. The van der Waals surface area contributed by atoms with Gasteiger partial charge in [-0.25, -0.2) is 0 Å². The number of esters is 1. The average molecular weight is 278 g/mol. The van der Waals surface area contributed by atoms with Gasteiger partial charge >= 0.3 is 5.97 Å². The van der Waals surface area contributed by atoms with Gasteiger partial charge in [0.25, 0.3) is 0 Å². The van der Waals surface area contributed by atoms with Gasteiger partial charge in [0.1, 0.15) is 6.10 Å². The number of aliphatic hydroxyl groups excluding tert-OH is 2. The van der Waals surface area contributed by atoms with Crippen LogP contribution in [0.2, 0.25) is 0 Å². The van der Waals surface area contributed by atoms with Gasteiger partial charge in [-0.3, -0.25) is 9.59 Å². The maximum atomic E-state index is 11.7. The molecular formula is C15H18O5. The van der Waals surface area contributed by atoms with E-state index in [9.17, 15) is 19.8 Å². The van der Waals surface area contributed by atoms with Crippen LogP contribution in [0.3, 0.4) is 0 Å². The molecule has 0 spiro atoms. The van der Waals surface area contributed by atoms with Crippen molar-refractivity contribution in [2.75, 3.05) is 6.61 Å². The van der Waals surface area contributed by atoms with Crippen molar-refractivity contribution in [3.8, 4) is 0 Å². The fourth-order valence-corrected chi connectivity index (χ4v) is 2.36. The van der Waals surface area contributed by atoms with Gasteiger partial charge in [0, 0.05) is 12.0 Å². The molecule has 5 heteroatoms. The van der Waals surface area contributed by atoms with Gasteiger partial charge in [-0.1, -0.05) is 12.1 Å². The van der Waals surface area contributed by atoms with Crippen LogP contribution < -0.4 is 0 Å². The summed E-state index contributed by atoms with van der Waals surface area (Å²) >= 11 is 0. The summed E-state index contributed by atoms with van der Waals surface area (Å²) in [5.74, 6) is -0.509. The molecule has 0 heterocycles. The van der Waals surface area contributed by atoms with Crippen LogP contribution in [-0.4, -0.2) is 34.7 Å². The lowest BCUT2D eigenvalue weighted by Crippen LogP contribution is -2.23. The van der Waals surface area contributed by atoms with E-state index in [1.807, 2.05) is 0 Å². The van der Waals surface area contributed by atoms with E-state index in [-0.39, 0.29) is 18.8 Å². The molecule has 0 aliphatic heterocycles. The quantitative estimate of drug-likeness (QED) is 0.790. The fraction of sp³-hybridized carbons (Fsp3) is 0.467. The Labute approximate surface area is 117 Å². The number of rotatable bonds is 5. The monoisotopic (exact) mass is 278 g/mol. The van der Waals surface area contributed by atoms with E-state index in [1.165, 1.54) is 0 Å². The molecule has 1 aliphatic rings. The Balaban J connectivity index is 2.09. The van der Waals surface area contributed by atoms with Crippen LogP contribution >= 0.6 is 0 Å². The fourth-order valence-electron chi connectivity index (χ4n) is 2.36. The molecule has 108 valence electrons. The van der Waals surface area contributed by atoms with Crippen LogP contribution in [-0.2, 0) is 16.0 Å². The second-order valence-corrected chi connectivity index (χ2v) is 4.86. The molecule has 0 bridgehead atoms. The second-order valence-electron chi connectivity index (χ2n) is 4.86. The van der Waals surface area contributed by atoms with Crippen molar-refractivity contribution in [2.24, 2.45) is 0 Å². The third-order valence-corrected chi connectivity index (χ3v) is 3.44. The summed E-state index contributed by atoms with van der Waals surface area (Å²) in [6, 6.07) is 5.07. The summed E-state index contributed by atoms with van der Waals surface area (Å²) in [5, 5.41) is 19.9. The Morgan fingerprint density at radius 2 is 2.10 bits per heavy atom. The summed E-state index contributed by atoms with van der Waals surface area (Å²) in [5.41, 5.74) is 2.01. The topological polar surface area (TPSA) is 83.8 Å². The molecule has 20 heavy (non-hydrogen) atoms. The Morgan fingerprint density at radius 1 is 1.35 bits per heavy atom. The minimum absolute atomic E-state index is 0.0499. The third-order valence-electron chi connectivity index (χ3n) is 3.44. The van der Waals surface area contributed by atoms with E-state index in [4.69, 9.17) is 4.74 Å². The Bertz CT molecular complexity index is 523. The summed E-state index contributed by atoms with van der Waals surface area (Å²) < 4.78 is 4.73. The minimum Gasteiger partial charge on any atom is -0.466 e. The summed E-state index contributed by atoms with van der Waals surface area (Å²) in [6.07, 6.45) is -1.53. The Kier molecular flexibility index (Phi) is 4.52. The van der Waals surface area contributed by atoms with Gasteiger partial charge in [0.05, 0.1) is 19.1 Å². The number of ether oxygens (including phenoxy) is 1. The molecule has 0 amide bonds. The number of Topliss-reactive ketones (excluding diaryl/α,β-unsaturated/α-hetero) is 1. The van der Waals surface area contributed by atoms with Gasteiger partial charge in [-0.15, -0.1) is 0 Å². The highest BCUT2D eigenvalue weighted by Gasteiger charge is 2.25. The van der Waals surface area contributed by atoms with Crippen molar-refractivity contribution in [3.63, 3.8) is 0 Å². The lowest BCUT2D eigenvalue weighted by Gasteiger charge is -2.18.